The number of nitrogens with one attached hydrogen (secondary N) is 1. The van der Waals surface area contributed by atoms with E-state index in [4.69, 9.17) is 38.9 Å². The molecule has 308 valence electrons. The molecule has 15 N–H and O–H groups in total. The summed E-state index contributed by atoms with van der Waals surface area (Å²) in [6.45, 7) is 1.26. The summed E-state index contributed by atoms with van der Waals surface area (Å²) in [5.74, 6) is -5.56. The zero-order chi connectivity index (χ0) is 39.7. The molecule has 23 nitrogen and oxygen atoms in total. The van der Waals surface area contributed by atoms with Crippen molar-refractivity contribution < 1.29 is 104 Å². The number of carbonyl (C=O) groups is 2. The van der Waals surface area contributed by atoms with Crippen LogP contribution in [-0.4, -0.2) is 221 Å². The highest BCUT2D eigenvalue weighted by molar-refractivity contribution is 5.76. The quantitative estimate of drug-likeness (QED) is 0.0825. The van der Waals surface area contributed by atoms with Gasteiger partial charge in [-0.1, -0.05) is 0 Å². The minimum Gasteiger partial charge on any atom is -0.477 e. The van der Waals surface area contributed by atoms with Gasteiger partial charge in [0, 0.05) is 13.3 Å². The standard InChI is InChI=1S/C30H52N2O21/c1-8-16(32-10(3)36)25(23(14(7-35)47-8)50-27-21(43)20(42)17(39)9(2)48-27)51-28-22(44)26(19(41)13(6-34)49-28)53-30(29(45)46)4-11(37)15(31)24(52-30)18(40)12(38)5-33/h8-9,11-28,33-35,37-44H,4-7,31H2,1-3H3,(H,32,36)(H,45,46)/t8?,9?,11?,12-,13?,14?,15?,16+,17?,18-,19?,20?,21?,22-,23?,24?,25?,26?,27?,28?,30?/m0/s1. The Morgan fingerprint density at radius 1 is 0.811 bits per heavy atom. The Labute approximate surface area is 302 Å². The van der Waals surface area contributed by atoms with Gasteiger partial charge in [0.05, 0.1) is 50.2 Å². The maximum atomic E-state index is 12.7. The van der Waals surface area contributed by atoms with E-state index in [0.29, 0.717) is 0 Å². The third-order valence-electron chi connectivity index (χ3n) is 9.90. The maximum absolute atomic E-state index is 12.7. The molecule has 0 aliphatic carbocycles. The SMILES string of the molecule is CC(=O)N[C@@H]1C(C)OC(CO)C(OC2OC(C)C(O)C(O)C2O)C1OC1OC(CO)C(O)C(OC2(C(=O)O)CC(O)C(N)C([C@@H](O)[C@@H](O)CO)O2)[C@@H]1O. The number of aliphatic hydroxyl groups is 11. The molecule has 21 atom stereocenters. The van der Waals surface area contributed by atoms with Crippen molar-refractivity contribution in [2.45, 2.75) is 155 Å². The Morgan fingerprint density at radius 3 is 1.98 bits per heavy atom. The fourth-order valence-corrected chi connectivity index (χ4v) is 6.85. The molecule has 1 amide bonds. The predicted molar refractivity (Wildman–Crippen MR) is 167 cm³/mol. The minimum absolute atomic E-state index is 0.617. The van der Waals surface area contributed by atoms with Gasteiger partial charge >= 0.3 is 5.97 Å². The first-order valence-electron chi connectivity index (χ1n) is 17.0. The van der Waals surface area contributed by atoms with E-state index in [1.165, 1.54) is 13.8 Å². The van der Waals surface area contributed by atoms with Gasteiger partial charge in [-0.2, -0.15) is 0 Å². The second-order valence-electron chi connectivity index (χ2n) is 13.7. The Balaban J connectivity index is 1.70. The average molecular weight is 777 g/mol. The van der Waals surface area contributed by atoms with Crippen molar-refractivity contribution in [2.24, 2.45) is 5.73 Å². The predicted octanol–water partition coefficient (Wildman–Crippen LogP) is -8.34. The molecule has 4 rings (SSSR count). The molecule has 4 saturated heterocycles. The van der Waals surface area contributed by atoms with Gasteiger partial charge in [-0.3, -0.25) is 4.79 Å². The molecular formula is C30H52N2O21. The topological polar surface area (TPSA) is 380 Å². The zero-order valence-electron chi connectivity index (χ0n) is 29.0. The Morgan fingerprint density at radius 2 is 1.42 bits per heavy atom. The molecule has 4 aliphatic rings. The lowest BCUT2D eigenvalue weighted by Crippen LogP contribution is -2.71. The highest BCUT2D eigenvalue weighted by Crippen LogP contribution is 2.38. The summed E-state index contributed by atoms with van der Waals surface area (Å²) < 4.78 is 40.4. The summed E-state index contributed by atoms with van der Waals surface area (Å²) in [7, 11) is 0. The van der Waals surface area contributed by atoms with Crippen molar-refractivity contribution >= 4 is 11.9 Å². The fraction of sp³-hybridized carbons (Fsp3) is 0.933. The van der Waals surface area contributed by atoms with E-state index >= 15 is 0 Å². The summed E-state index contributed by atoms with van der Waals surface area (Å²) in [6.07, 6.45) is -31.9. The lowest BCUT2D eigenvalue weighted by molar-refractivity contribution is -0.384. The van der Waals surface area contributed by atoms with Crippen LogP contribution >= 0.6 is 0 Å². The molecule has 53 heavy (non-hydrogen) atoms. The van der Waals surface area contributed by atoms with Gasteiger partial charge < -0.3 is 105 Å². The van der Waals surface area contributed by atoms with E-state index in [1.807, 2.05) is 0 Å². The lowest BCUT2D eigenvalue weighted by Gasteiger charge is -2.51. The van der Waals surface area contributed by atoms with Crippen molar-refractivity contribution in [3.8, 4) is 0 Å². The van der Waals surface area contributed by atoms with Gasteiger partial charge in [0.25, 0.3) is 5.79 Å². The molecule has 0 aromatic carbocycles. The number of aliphatic carboxylic acids is 1. The summed E-state index contributed by atoms with van der Waals surface area (Å²) >= 11 is 0. The first-order valence-corrected chi connectivity index (χ1v) is 17.0. The van der Waals surface area contributed by atoms with Crippen molar-refractivity contribution in [3.63, 3.8) is 0 Å². The largest absolute Gasteiger partial charge is 0.477 e. The molecule has 0 radical (unpaired) electrons. The van der Waals surface area contributed by atoms with Crippen molar-refractivity contribution in [1.82, 2.24) is 5.32 Å². The van der Waals surface area contributed by atoms with Crippen LogP contribution in [0.15, 0.2) is 0 Å². The van der Waals surface area contributed by atoms with Crippen LogP contribution in [0.2, 0.25) is 0 Å². The molecule has 0 spiro atoms. The number of ether oxygens (including phenoxy) is 7. The molecule has 4 heterocycles. The molecule has 0 aromatic rings. The number of aliphatic hydroxyl groups excluding tert-OH is 11. The number of carboxylic acids is 1. The Hall–Kier alpha value is -1.82. The molecule has 17 unspecified atom stereocenters. The summed E-state index contributed by atoms with van der Waals surface area (Å²) in [5.41, 5.74) is 5.92. The number of carboxylic acid groups (broad SMARTS) is 1. The highest BCUT2D eigenvalue weighted by Gasteiger charge is 2.60. The van der Waals surface area contributed by atoms with Gasteiger partial charge in [-0.05, 0) is 13.8 Å². The maximum Gasteiger partial charge on any atom is 0.364 e. The normalized spacial score (nSPS) is 47.8. The van der Waals surface area contributed by atoms with Crippen LogP contribution in [0.25, 0.3) is 0 Å². The zero-order valence-corrected chi connectivity index (χ0v) is 29.0. The van der Waals surface area contributed by atoms with Crippen LogP contribution in [0.1, 0.15) is 27.2 Å². The number of nitrogens with two attached hydrogens (primary N) is 1. The van der Waals surface area contributed by atoms with Crippen LogP contribution in [0.3, 0.4) is 0 Å². The first kappa shape index (κ1) is 43.9. The Bertz CT molecular complexity index is 1220. The van der Waals surface area contributed by atoms with Crippen molar-refractivity contribution in [1.29, 1.82) is 0 Å². The monoisotopic (exact) mass is 776 g/mol. The number of carbonyl (C=O) groups excluding carboxylic acids is 1. The smallest absolute Gasteiger partial charge is 0.364 e. The van der Waals surface area contributed by atoms with Crippen LogP contribution in [0, 0.1) is 0 Å². The highest BCUT2D eigenvalue weighted by atomic mass is 16.8. The number of amides is 1. The molecule has 0 saturated carbocycles. The molecule has 0 aromatic heterocycles. The van der Waals surface area contributed by atoms with Crippen LogP contribution in [0.4, 0.5) is 0 Å². The van der Waals surface area contributed by atoms with E-state index in [0.717, 1.165) is 6.92 Å². The van der Waals surface area contributed by atoms with Gasteiger partial charge in [-0.15, -0.1) is 0 Å². The van der Waals surface area contributed by atoms with Crippen LogP contribution in [0.5, 0.6) is 0 Å². The fourth-order valence-electron chi connectivity index (χ4n) is 6.85. The van der Waals surface area contributed by atoms with E-state index in [1.54, 1.807) is 0 Å². The van der Waals surface area contributed by atoms with E-state index in [2.05, 4.69) is 5.32 Å². The van der Waals surface area contributed by atoms with Crippen LogP contribution in [-0.2, 0) is 42.7 Å². The van der Waals surface area contributed by atoms with Crippen molar-refractivity contribution in [2.75, 3.05) is 19.8 Å². The van der Waals surface area contributed by atoms with Crippen molar-refractivity contribution in [3.05, 3.63) is 0 Å². The lowest BCUT2D eigenvalue weighted by atomic mass is 9.88. The minimum atomic E-state index is -3.00. The third kappa shape index (κ3) is 9.09. The summed E-state index contributed by atoms with van der Waals surface area (Å²) in [4.78, 5) is 25.0. The second kappa shape index (κ2) is 18.0. The molecule has 4 aliphatic heterocycles. The van der Waals surface area contributed by atoms with E-state index in [9.17, 15) is 70.9 Å². The second-order valence-corrected chi connectivity index (χ2v) is 13.7. The average Bonchev–Trinajstić information content (AvgIpc) is 3.11. The number of hydrogen-bond acceptors (Lipinski definition) is 21. The van der Waals surface area contributed by atoms with E-state index in [-0.39, 0.29) is 0 Å². The third-order valence-corrected chi connectivity index (χ3v) is 9.90. The molecular weight excluding hydrogens is 724 g/mol. The number of rotatable bonds is 13. The molecule has 23 heteroatoms. The van der Waals surface area contributed by atoms with Gasteiger partial charge in [-0.25, -0.2) is 4.79 Å². The molecule has 0 bridgehead atoms. The van der Waals surface area contributed by atoms with E-state index < -0.39 is 166 Å². The van der Waals surface area contributed by atoms with Gasteiger partial charge in [0.1, 0.15) is 79.4 Å². The van der Waals surface area contributed by atoms with Gasteiger partial charge in [0.2, 0.25) is 5.91 Å². The Kier molecular flexibility index (Phi) is 14.9. The molecule has 4 fully saturated rings. The number of hydrogen-bond donors (Lipinski definition) is 14. The van der Waals surface area contributed by atoms with Crippen LogP contribution < -0.4 is 11.1 Å². The summed E-state index contributed by atoms with van der Waals surface area (Å²) in [6, 6.07) is -2.72. The summed E-state index contributed by atoms with van der Waals surface area (Å²) in [5, 5.41) is 128. The first-order chi connectivity index (χ1) is 24.8. The van der Waals surface area contributed by atoms with Gasteiger partial charge in [0.15, 0.2) is 12.6 Å².